The van der Waals surface area contributed by atoms with E-state index in [1.807, 2.05) is 0 Å². The van der Waals surface area contributed by atoms with E-state index in [-0.39, 0.29) is 30.3 Å². The Balaban J connectivity index is 1.54. The van der Waals surface area contributed by atoms with Gasteiger partial charge in [0.2, 0.25) is 0 Å². The van der Waals surface area contributed by atoms with Gasteiger partial charge in [0.25, 0.3) is 23.3 Å². The number of carboxylic acids is 1. The summed E-state index contributed by atoms with van der Waals surface area (Å²) < 4.78 is 1.33. The Morgan fingerprint density at radius 3 is 2.09 bits per heavy atom. The Kier molecular flexibility index (Phi) is 6.13. The van der Waals surface area contributed by atoms with Crippen molar-refractivity contribution in [3.63, 3.8) is 0 Å². The summed E-state index contributed by atoms with van der Waals surface area (Å²) in [7, 11) is 0. The minimum atomic E-state index is -1.29. The molecule has 0 bridgehead atoms. The Bertz CT molecular complexity index is 1360. The van der Waals surface area contributed by atoms with Crippen LogP contribution in [0.3, 0.4) is 0 Å². The number of hydrogen-bond donors (Lipinski definition) is 3. The Hall–Kier alpha value is -4.47. The van der Waals surface area contributed by atoms with Gasteiger partial charge in [0.05, 0.1) is 16.6 Å². The molecule has 0 unspecified atom stereocenters. The second-order valence-corrected chi connectivity index (χ2v) is 7.79. The minimum absolute atomic E-state index is 0.155. The summed E-state index contributed by atoms with van der Waals surface area (Å²) in [4.78, 5) is 62.5. The molecule has 0 saturated heterocycles. The van der Waals surface area contributed by atoms with Crippen molar-refractivity contribution < 1.29 is 29.4 Å². The highest BCUT2D eigenvalue weighted by molar-refractivity contribution is 6.21. The fourth-order valence-corrected chi connectivity index (χ4v) is 4.04. The fourth-order valence-electron chi connectivity index (χ4n) is 4.04. The molecule has 0 fully saturated rings. The number of imide groups is 1. The van der Waals surface area contributed by atoms with Crippen LogP contribution < -0.4 is 10.9 Å². The van der Waals surface area contributed by atoms with Crippen LogP contribution in [-0.2, 0) is 11.3 Å². The van der Waals surface area contributed by atoms with E-state index in [0.717, 1.165) is 0 Å². The van der Waals surface area contributed by atoms with Gasteiger partial charge < -0.3 is 20.1 Å². The van der Waals surface area contributed by atoms with Gasteiger partial charge in [0.1, 0.15) is 17.9 Å². The summed E-state index contributed by atoms with van der Waals surface area (Å²) in [5.74, 6) is -3.52. The SMILES string of the molecule is O=C(O)CNC(=O)c1c(O)c2ccccc2n(CCCCN2C(=O)c3ccccc3C2=O)c1=O. The van der Waals surface area contributed by atoms with Crippen molar-refractivity contribution in [3.8, 4) is 5.75 Å². The molecule has 0 radical (unpaired) electrons. The van der Waals surface area contributed by atoms with Crippen LogP contribution in [0.2, 0.25) is 0 Å². The number of amides is 3. The highest BCUT2D eigenvalue weighted by atomic mass is 16.4. The lowest BCUT2D eigenvalue weighted by atomic mass is 10.1. The Morgan fingerprint density at radius 1 is 0.853 bits per heavy atom. The number of hydrogen-bond acceptors (Lipinski definition) is 6. The number of pyridine rings is 1. The number of fused-ring (bicyclic) bond motifs is 2. The standard InChI is InChI=1S/C24H21N3O7/c28-18(29)13-25-21(31)19-20(30)16-9-3-4-10-17(16)26(24(19)34)11-5-6-12-27-22(32)14-7-1-2-8-15(14)23(27)33/h1-4,7-10,30H,5-6,11-13H2,(H,25,31)(H,28,29). The molecule has 1 aliphatic heterocycles. The lowest BCUT2D eigenvalue weighted by Gasteiger charge is -2.16. The van der Waals surface area contributed by atoms with Gasteiger partial charge >= 0.3 is 5.97 Å². The first-order valence-corrected chi connectivity index (χ1v) is 10.6. The molecular weight excluding hydrogens is 442 g/mol. The molecule has 34 heavy (non-hydrogen) atoms. The zero-order chi connectivity index (χ0) is 24.4. The molecule has 2 heterocycles. The molecule has 0 saturated carbocycles. The van der Waals surface area contributed by atoms with Crippen LogP contribution in [0.5, 0.6) is 5.75 Å². The number of aliphatic carboxylic acids is 1. The fraction of sp³-hybridized carbons (Fsp3) is 0.208. The maximum absolute atomic E-state index is 13.1. The number of benzene rings is 2. The van der Waals surface area contributed by atoms with Crippen LogP contribution in [0.4, 0.5) is 0 Å². The summed E-state index contributed by atoms with van der Waals surface area (Å²) in [5, 5.41) is 21.7. The number of carboxylic acid groups (broad SMARTS) is 1. The number of carbonyl (C=O) groups excluding carboxylic acids is 3. The molecule has 3 aromatic rings. The van der Waals surface area contributed by atoms with E-state index >= 15 is 0 Å². The smallest absolute Gasteiger partial charge is 0.322 e. The third-order valence-electron chi connectivity index (χ3n) is 5.66. The molecule has 0 aliphatic carbocycles. The van der Waals surface area contributed by atoms with E-state index in [0.29, 0.717) is 29.5 Å². The summed E-state index contributed by atoms with van der Waals surface area (Å²) in [6.07, 6.45) is 0.811. The molecule has 0 atom stereocenters. The van der Waals surface area contributed by atoms with Crippen LogP contribution in [0.25, 0.3) is 10.9 Å². The normalized spacial score (nSPS) is 12.8. The maximum Gasteiger partial charge on any atom is 0.322 e. The molecule has 10 heteroatoms. The number of nitrogens with zero attached hydrogens (tertiary/aromatic N) is 2. The van der Waals surface area contributed by atoms with Crippen molar-refractivity contribution in [2.75, 3.05) is 13.1 Å². The molecule has 10 nitrogen and oxygen atoms in total. The quantitative estimate of drug-likeness (QED) is 0.340. The summed E-state index contributed by atoms with van der Waals surface area (Å²) in [5.41, 5.74) is -0.170. The van der Waals surface area contributed by atoms with Crippen LogP contribution >= 0.6 is 0 Å². The first-order chi connectivity index (χ1) is 16.3. The first kappa shape index (κ1) is 22.7. The Morgan fingerprint density at radius 2 is 1.44 bits per heavy atom. The zero-order valence-corrected chi connectivity index (χ0v) is 18.0. The number of unbranched alkanes of at least 4 members (excludes halogenated alkanes) is 1. The molecule has 2 aromatic carbocycles. The van der Waals surface area contributed by atoms with E-state index in [1.54, 1.807) is 48.5 Å². The number of aryl methyl sites for hydroxylation is 1. The Labute approximate surface area is 193 Å². The van der Waals surface area contributed by atoms with Gasteiger partial charge in [-0.3, -0.25) is 28.9 Å². The predicted octanol–water partition coefficient (Wildman–Crippen LogP) is 1.60. The molecule has 1 aliphatic rings. The van der Waals surface area contributed by atoms with Crippen molar-refractivity contribution in [3.05, 3.63) is 75.6 Å². The minimum Gasteiger partial charge on any atom is -0.506 e. The number of nitrogens with one attached hydrogen (secondary N) is 1. The van der Waals surface area contributed by atoms with Crippen molar-refractivity contribution in [2.24, 2.45) is 0 Å². The monoisotopic (exact) mass is 463 g/mol. The lowest BCUT2D eigenvalue weighted by molar-refractivity contribution is -0.135. The number of carbonyl (C=O) groups is 4. The van der Waals surface area contributed by atoms with Crippen LogP contribution in [0.15, 0.2) is 53.3 Å². The van der Waals surface area contributed by atoms with Crippen molar-refractivity contribution in [2.45, 2.75) is 19.4 Å². The average molecular weight is 463 g/mol. The predicted molar refractivity (Wildman–Crippen MR) is 121 cm³/mol. The third kappa shape index (κ3) is 4.01. The summed E-state index contributed by atoms with van der Waals surface area (Å²) >= 11 is 0. The van der Waals surface area contributed by atoms with E-state index < -0.39 is 35.3 Å². The molecule has 4 rings (SSSR count). The van der Waals surface area contributed by atoms with Gasteiger partial charge in [0, 0.05) is 18.5 Å². The lowest BCUT2D eigenvalue weighted by Crippen LogP contribution is -2.36. The number of aromatic nitrogens is 1. The first-order valence-electron chi connectivity index (χ1n) is 10.6. The number of aromatic hydroxyl groups is 1. The van der Waals surface area contributed by atoms with E-state index in [2.05, 4.69) is 5.32 Å². The van der Waals surface area contributed by atoms with Gasteiger partial charge in [-0.15, -0.1) is 0 Å². The summed E-state index contributed by atoms with van der Waals surface area (Å²) in [6.45, 7) is -0.379. The maximum atomic E-state index is 13.1. The van der Waals surface area contributed by atoms with Crippen LogP contribution in [0.1, 0.15) is 43.9 Å². The van der Waals surface area contributed by atoms with E-state index in [9.17, 15) is 29.1 Å². The van der Waals surface area contributed by atoms with Gasteiger partial charge in [0.15, 0.2) is 0 Å². The molecule has 174 valence electrons. The van der Waals surface area contributed by atoms with Crippen molar-refractivity contribution in [1.82, 2.24) is 14.8 Å². The molecule has 3 amide bonds. The van der Waals surface area contributed by atoms with Gasteiger partial charge in [-0.1, -0.05) is 24.3 Å². The summed E-state index contributed by atoms with van der Waals surface area (Å²) in [6, 6.07) is 13.1. The zero-order valence-electron chi connectivity index (χ0n) is 18.0. The highest BCUT2D eigenvalue weighted by Gasteiger charge is 2.34. The second kappa shape index (κ2) is 9.18. The van der Waals surface area contributed by atoms with Crippen molar-refractivity contribution in [1.29, 1.82) is 0 Å². The van der Waals surface area contributed by atoms with E-state index in [4.69, 9.17) is 5.11 Å². The van der Waals surface area contributed by atoms with Crippen LogP contribution in [-0.4, -0.2) is 56.5 Å². The molecule has 1 aromatic heterocycles. The van der Waals surface area contributed by atoms with Gasteiger partial charge in [-0.25, -0.2) is 0 Å². The van der Waals surface area contributed by atoms with Gasteiger partial charge in [-0.05, 0) is 37.1 Å². The van der Waals surface area contributed by atoms with Crippen molar-refractivity contribution >= 4 is 34.6 Å². The third-order valence-corrected chi connectivity index (χ3v) is 5.66. The molecule has 0 spiro atoms. The number of rotatable bonds is 8. The highest BCUT2D eigenvalue weighted by Crippen LogP contribution is 2.27. The number of para-hydroxylation sites is 1. The van der Waals surface area contributed by atoms with Crippen LogP contribution in [0, 0.1) is 0 Å². The molecular formula is C24H21N3O7. The molecule has 3 N–H and O–H groups in total. The average Bonchev–Trinajstić information content (AvgIpc) is 3.07. The van der Waals surface area contributed by atoms with E-state index in [1.165, 1.54) is 9.47 Å². The second-order valence-electron chi connectivity index (χ2n) is 7.79. The van der Waals surface area contributed by atoms with Gasteiger partial charge in [-0.2, -0.15) is 0 Å². The largest absolute Gasteiger partial charge is 0.506 e. The topological polar surface area (TPSA) is 146 Å².